The molecular weight excluding hydrogens is 747 g/mol. The Bertz CT molecular complexity index is 2250. The lowest BCUT2D eigenvalue weighted by molar-refractivity contribution is -0.136. The SMILES string of the molecule is COC(=O)NC(C(=O)N1CCCC1c1ncc(-c2ccc(-c3ccc4nc(-c5cnc(C6CCCN6C(=O)C(NC(=O)OC)C(C)C)[nH]5)sc4c3)cc2)[nH]1)C(C)C. The van der Waals surface area contributed by atoms with Gasteiger partial charge < -0.3 is 39.9 Å². The Kier molecular flexibility index (Phi) is 11.6. The quantitative estimate of drug-likeness (QED) is 0.111. The van der Waals surface area contributed by atoms with E-state index in [2.05, 4.69) is 67.0 Å². The minimum absolute atomic E-state index is 0.108. The van der Waals surface area contributed by atoms with Crippen molar-refractivity contribution >= 4 is 45.6 Å². The fourth-order valence-electron chi connectivity index (χ4n) is 7.71. The lowest BCUT2D eigenvalue weighted by Crippen LogP contribution is -2.51. The number of benzene rings is 2. The van der Waals surface area contributed by atoms with Crippen LogP contribution in [0, 0.1) is 11.8 Å². The fraction of sp³-hybridized carbons (Fsp3) is 0.439. The first kappa shape index (κ1) is 39.5. The van der Waals surface area contributed by atoms with Crippen LogP contribution in [0.15, 0.2) is 54.9 Å². The second-order valence-electron chi connectivity index (χ2n) is 15.2. The van der Waals surface area contributed by atoms with Crippen LogP contribution in [0.4, 0.5) is 9.59 Å². The highest BCUT2D eigenvalue weighted by molar-refractivity contribution is 7.21. The number of aromatic nitrogens is 5. The van der Waals surface area contributed by atoms with Gasteiger partial charge in [0.2, 0.25) is 11.8 Å². The number of alkyl carbamates (subject to hydrolysis) is 2. The van der Waals surface area contributed by atoms with Crippen molar-refractivity contribution < 1.29 is 28.7 Å². The Balaban J connectivity index is 1.03. The van der Waals surface area contributed by atoms with E-state index >= 15 is 0 Å². The number of hydrogen-bond donors (Lipinski definition) is 4. The van der Waals surface area contributed by atoms with E-state index in [1.807, 2.05) is 33.8 Å². The zero-order chi connectivity index (χ0) is 40.4. The standard InChI is InChI=1S/C41H49N9O6S/c1-22(2)33(47-40(53)55-5)38(51)49-17-7-9-30(49)35-42-20-28(44-35)25-13-11-24(12-14-25)26-15-16-27-32(19-26)57-37(46-27)29-21-43-36(45-29)31-10-8-18-50(31)39(52)34(23(3)4)48-41(54)56-6/h11-16,19-23,30-31,33-34H,7-10,17-18H2,1-6H3,(H,42,44)(H,43,45)(H,47,53)(H,48,54). The number of imidazole rings is 2. The molecule has 5 aromatic rings. The summed E-state index contributed by atoms with van der Waals surface area (Å²) in [6.07, 6.45) is 5.54. The monoisotopic (exact) mass is 795 g/mol. The largest absolute Gasteiger partial charge is 0.453 e. The number of methoxy groups -OCH3 is 2. The van der Waals surface area contributed by atoms with Crippen molar-refractivity contribution in [2.75, 3.05) is 27.3 Å². The Morgan fingerprint density at radius 2 is 1.21 bits per heavy atom. The van der Waals surface area contributed by atoms with Gasteiger partial charge in [-0.25, -0.2) is 24.5 Å². The van der Waals surface area contributed by atoms with Gasteiger partial charge in [-0.3, -0.25) is 9.59 Å². The van der Waals surface area contributed by atoms with Crippen molar-refractivity contribution in [2.24, 2.45) is 11.8 Å². The van der Waals surface area contributed by atoms with Crippen molar-refractivity contribution in [3.63, 3.8) is 0 Å². The molecule has 5 heterocycles. The van der Waals surface area contributed by atoms with E-state index < -0.39 is 24.3 Å². The van der Waals surface area contributed by atoms with Crippen LogP contribution in [-0.4, -0.2) is 98.1 Å². The molecule has 0 spiro atoms. The van der Waals surface area contributed by atoms with Gasteiger partial charge in [0.1, 0.15) is 28.7 Å². The highest BCUT2D eigenvalue weighted by atomic mass is 32.1. The molecule has 4 unspecified atom stereocenters. The zero-order valence-corrected chi connectivity index (χ0v) is 33.8. The summed E-state index contributed by atoms with van der Waals surface area (Å²) in [6.45, 7) is 8.77. The van der Waals surface area contributed by atoms with Crippen LogP contribution >= 0.6 is 11.3 Å². The molecule has 0 radical (unpaired) electrons. The number of amides is 4. The molecule has 2 fully saturated rings. The van der Waals surface area contributed by atoms with Gasteiger partial charge in [0.05, 0.1) is 60.3 Å². The van der Waals surface area contributed by atoms with Gasteiger partial charge >= 0.3 is 12.2 Å². The minimum atomic E-state index is -0.699. The van der Waals surface area contributed by atoms with Gasteiger partial charge in [0.15, 0.2) is 0 Å². The second-order valence-corrected chi connectivity index (χ2v) is 16.3. The molecule has 2 aliphatic rings. The Morgan fingerprint density at radius 1 is 0.719 bits per heavy atom. The van der Waals surface area contributed by atoms with Gasteiger partial charge in [0.25, 0.3) is 0 Å². The number of aromatic amines is 2. The summed E-state index contributed by atoms with van der Waals surface area (Å²) in [6, 6.07) is 12.7. The first-order valence-corrected chi connectivity index (χ1v) is 20.2. The van der Waals surface area contributed by atoms with E-state index in [0.29, 0.717) is 18.9 Å². The van der Waals surface area contributed by atoms with E-state index in [1.165, 1.54) is 14.2 Å². The number of ether oxygens (including phenoxy) is 2. The summed E-state index contributed by atoms with van der Waals surface area (Å²) in [5, 5.41) is 6.19. The third-order valence-corrected chi connectivity index (χ3v) is 11.9. The van der Waals surface area contributed by atoms with Crippen LogP contribution in [0.1, 0.15) is 77.1 Å². The van der Waals surface area contributed by atoms with E-state index in [9.17, 15) is 19.2 Å². The predicted octanol–water partition coefficient (Wildman–Crippen LogP) is 6.83. The molecule has 0 saturated carbocycles. The topological polar surface area (TPSA) is 188 Å². The van der Waals surface area contributed by atoms with E-state index in [1.54, 1.807) is 33.5 Å². The van der Waals surface area contributed by atoms with Crippen LogP contribution < -0.4 is 10.6 Å². The molecule has 4 amide bonds. The van der Waals surface area contributed by atoms with Crippen molar-refractivity contribution in [1.29, 1.82) is 0 Å². The third-order valence-electron chi connectivity index (χ3n) is 10.8. The van der Waals surface area contributed by atoms with Crippen LogP contribution in [0.3, 0.4) is 0 Å². The number of carbonyl (C=O) groups excluding carboxylic acids is 4. The van der Waals surface area contributed by atoms with Crippen LogP contribution in [-0.2, 0) is 19.1 Å². The molecule has 0 aliphatic carbocycles. The van der Waals surface area contributed by atoms with Gasteiger partial charge in [-0.05, 0) is 66.3 Å². The Labute approximate surface area is 335 Å². The van der Waals surface area contributed by atoms with Crippen molar-refractivity contribution in [3.05, 3.63) is 66.5 Å². The number of carbonyl (C=O) groups is 4. The molecule has 3 aromatic heterocycles. The van der Waals surface area contributed by atoms with Crippen LogP contribution in [0.25, 0.3) is 43.3 Å². The average Bonchev–Trinajstić information content (AvgIpc) is 4.06. The fourth-order valence-corrected chi connectivity index (χ4v) is 8.68. The maximum Gasteiger partial charge on any atom is 0.407 e. The summed E-state index contributed by atoms with van der Waals surface area (Å²) in [5.41, 5.74) is 5.60. The zero-order valence-electron chi connectivity index (χ0n) is 33.0. The molecule has 7 rings (SSSR count). The smallest absolute Gasteiger partial charge is 0.407 e. The predicted molar refractivity (Wildman–Crippen MR) is 216 cm³/mol. The summed E-state index contributed by atoms with van der Waals surface area (Å²) in [5.74, 6) is 0.902. The molecule has 300 valence electrons. The summed E-state index contributed by atoms with van der Waals surface area (Å²) < 4.78 is 10.6. The van der Waals surface area contributed by atoms with E-state index in [4.69, 9.17) is 14.5 Å². The highest BCUT2D eigenvalue weighted by Crippen LogP contribution is 2.37. The summed E-state index contributed by atoms with van der Waals surface area (Å²) in [4.78, 5) is 75.8. The van der Waals surface area contributed by atoms with Crippen molar-refractivity contribution in [1.82, 2.24) is 45.4 Å². The van der Waals surface area contributed by atoms with Crippen LogP contribution in [0.2, 0.25) is 0 Å². The maximum atomic E-state index is 13.6. The molecule has 4 atom stereocenters. The van der Waals surface area contributed by atoms with Gasteiger partial charge in [-0.15, -0.1) is 11.3 Å². The third kappa shape index (κ3) is 8.22. The lowest BCUT2D eigenvalue weighted by atomic mass is 10.0. The molecule has 16 heteroatoms. The summed E-state index contributed by atoms with van der Waals surface area (Å²) in [7, 11) is 2.58. The normalized spacial score (nSPS) is 18.0. The lowest BCUT2D eigenvalue weighted by Gasteiger charge is -2.30. The number of hydrogen-bond acceptors (Lipinski definition) is 10. The Hall–Kier alpha value is -5.77. The Morgan fingerprint density at radius 3 is 1.74 bits per heavy atom. The number of likely N-dealkylation sites (tertiary alicyclic amines) is 2. The molecule has 2 aliphatic heterocycles. The minimum Gasteiger partial charge on any atom is -0.453 e. The molecule has 57 heavy (non-hydrogen) atoms. The number of nitrogens with zero attached hydrogens (tertiary/aromatic N) is 5. The average molecular weight is 796 g/mol. The molecule has 2 aromatic carbocycles. The van der Waals surface area contributed by atoms with E-state index in [-0.39, 0.29) is 35.7 Å². The van der Waals surface area contributed by atoms with Gasteiger partial charge in [-0.2, -0.15) is 0 Å². The molecule has 4 N–H and O–H groups in total. The first-order valence-electron chi connectivity index (χ1n) is 19.4. The number of fused-ring (bicyclic) bond motifs is 1. The van der Waals surface area contributed by atoms with E-state index in [0.717, 1.165) is 74.8 Å². The highest BCUT2D eigenvalue weighted by Gasteiger charge is 2.39. The number of H-pyrrole nitrogens is 2. The second kappa shape index (κ2) is 16.8. The van der Waals surface area contributed by atoms with Crippen molar-refractivity contribution in [3.8, 4) is 33.1 Å². The van der Waals surface area contributed by atoms with Gasteiger partial charge in [-0.1, -0.05) is 58.0 Å². The maximum absolute atomic E-state index is 13.6. The number of rotatable bonds is 11. The molecule has 2 saturated heterocycles. The molecule has 0 bridgehead atoms. The molecular formula is C41H49N9O6S. The van der Waals surface area contributed by atoms with Gasteiger partial charge in [0, 0.05) is 13.1 Å². The number of nitrogens with one attached hydrogen (secondary N) is 4. The molecule has 15 nitrogen and oxygen atoms in total. The number of thiazole rings is 1. The summed E-state index contributed by atoms with van der Waals surface area (Å²) >= 11 is 1.57. The van der Waals surface area contributed by atoms with Crippen molar-refractivity contribution in [2.45, 2.75) is 77.5 Å². The first-order chi connectivity index (χ1) is 27.4. The van der Waals surface area contributed by atoms with Crippen LogP contribution in [0.5, 0.6) is 0 Å².